The summed E-state index contributed by atoms with van der Waals surface area (Å²) in [5, 5.41) is 3.46. The van der Waals surface area contributed by atoms with E-state index in [9.17, 15) is 9.59 Å². The number of piperidine rings is 1. The zero-order valence-corrected chi connectivity index (χ0v) is 14.8. The summed E-state index contributed by atoms with van der Waals surface area (Å²) < 4.78 is 0. The van der Waals surface area contributed by atoms with E-state index in [0.717, 1.165) is 76.8 Å². The Bertz CT molecular complexity index is 412. The molecule has 3 aliphatic heterocycles. The average Bonchev–Trinajstić information content (AvgIpc) is 2.93. The van der Waals surface area contributed by atoms with E-state index in [-0.39, 0.29) is 11.8 Å². The van der Waals surface area contributed by atoms with E-state index in [0.29, 0.717) is 11.5 Å². The van der Waals surface area contributed by atoms with Gasteiger partial charge < -0.3 is 15.1 Å². The molecule has 5 nitrogen and oxygen atoms in total. The van der Waals surface area contributed by atoms with Gasteiger partial charge in [-0.3, -0.25) is 9.59 Å². The number of nitrogens with zero attached hydrogens (tertiary/aromatic N) is 2. The summed E-state index contributed by atoms with van der Waals surface area (Å²) in [6.45, 7) is 5.81. The van der Waals surface area contributed by atoms with E-state index in [1.165, 1.54) is 18.2 Å². The van der Waals surface area contributed by atoms with Crippen molar-refractivity contribution < 1.29 is 9.59 Å². The molecule has 0 aromatic heterocycles. The van der Waals surface area contributed by atoms with Crippen molar-refractivity contribution in [3.63, 3.8) is 0 Å². The van der Waals surface area contributed by atoms with Gasteiger partial charge in [0.2, 0.25) is 11.8 Å². The molecule has 0 aliphatic carbocycles. The molecule has 3 saturated heterocycles. The van der Waals surface area contributed by atoms with E-state index >= 15 is 0 Å². The van der Waals surface area contributed by atoms with Crippen molar-refractivity contribution in [3.05, 3.63) is 0 Å². The first-order valence-corrected chi connectivity index (χ1v) is 10.2. The second-order valence-electron chi connectivity index (χ2n) is 7.07. The molecule has 1 N–H and O–H groups in total. The van der Waals surface area contributed by atoms with Crippen molar-refractivity contribution in [3.8, 4) is 0 Å². The first-order valence-electron chi connectivity index (χ1n) is 9.08. The smallest absolute Gasteiger partial charge is 0.232 e. The van der Waals surface area contributed by atoms with Gasteiger partial charge in [0.25, 0.3) is 0 Å². The summed E-state index contributed by atoms with van der Waals surface area (Å²) in [7, 11) is 0. The second-order valence-corrected chi connectivity index (χ2v) is 8.06. The molecule has 6 heteroatoms. The maximum absolute atomic E-state index is 12.4. The minimum Gasteiger partial charge on any atom is -0.342 e. The third-order valence-electron chi connectivity index (χ3n) is 5.53. The zero-order chi connectivity index (χ0) is 16.1. The number of rotatable bonds is 4. The van der Waals surface area contributed by atoms with E-state index in [4.69, 9.17) is 0 Å². The fraction of sp³-hybridized carbons (Fsp3) is 0.882. The van der Waals surface area contributed by atoms with Crippen molar-refractivity contribution in [2.45, 2.75) is 32.1 Å². The standard InChI is InChI=1S/C17H29N3O2S/c21-16(19-6-2-1-3-7-19)12-23-13-17(22)20-8-4-14-10-18-11-15(14)5-9-20/h14-15,18H,1-13H2/t14-,15+. The van der Waals surface area contributed by atoms with Gasteiger partial charge in [-0.25, -0.2) is 0 Å². The highest BCUT2D eigenvalue weighted by Gasteiger charge is 2.31. The van der Waals surface area contributed by atoms with Crippen LogP contribution in [0.15, 0.2) is 0 Å². The summed E-state index contributed by atoms with van der Waals surface area (Å²) in [6, 6.07) is 0. The Kier molecular flexibility index (Phi) is 6.22. The van der Waals surface area contributed by atoms with Gasteiger partial charge in [0.15, 0.2) is 0 Å². The first-order chi connectivity index (χ1) is 11.2. The highest BCUT2D eigenvalue weighted by Crippen LogP contribution is 2.27. The molecule has 0 bridgehead atoms. The topological polar surface area (TPSA) is 52.7 Å². The van der Waals surface area contributed by atoms with Gasteiger partial charge >= 0.3 is 0 Å². The van der Waals surface area contributed by atoms with E-state index in [1.807, 2.05) is 9.80 Å². The Hall–Kier alpha value is -0.750. The number of carbonyl (C=O) groups is 2. The lowest BCUT2D eigenvalue weighted by Crippen LogP contribution is -2.37. The first kappa shape index (κ1) is 17.1. The molecule has 0 saturated carbocycles. The molecule has 3 fully saturated rings. The largest absolute Gasteiger partial charge is 0.342 e. The molecule has 0 aromatic rings. The van der Waals surface area contributed by atoms with Gasteiger partial charge in [-0.15, -0.1) is 11.8 Å². The number of hydrogen-bond donors (Lipinski definition) is 1. The quantitative estimate of drug-likeness (QED) is 0.836. The maximum Gasteiger partial charge on any atom is 0.232 e. The van der Waals surface area contributed by atoms with E-state index in [2.05, 4.69) is 5.32 Å². The number of likely N-dealkylation sites (tertiary alicyclic amines) is 2. The van der Waals surface area contributed by atoms with Crippen molar-refractivity contribution in [1.29, 1.82) is 0 Å². The van der Waals surface area contributed by atoms with Gasteiger partial charge in [0.05, 0.1) is 11.5 Å². The van der Waals surface area contributed by atoms with Crippen LogP contribution in [0.1, 0.15) is 32.1 Å². The van der Waals surface area contributed by atoms with Crippen LogP contribution in [0.25, 0.3) is 0 Å². The van der Waals surface area contributed by atoms with Crippen LogP contribution in [0.3, 0.4) is 0 Å². The van der Waals surface area contributed by atoms with Crippen molar-refractivity contribution in [2.75, 3.05) is 50.8 Å². The summed E-state index contributed by atoms with van der Waals surface area (Å²) in [4.78, 5) is 28.5. The lowest BCUT2D eigenvalue weighted by atomic mass is 9.92. The number of hydrogen-bond acceptors (Lipinski definition) is 4. The predicted octanol–water partition coefficient (Wildman–Crippen LogP) is 1.19. The minimum absolute atomic E-state index is 0.207. The summed E-state index contributed by atoms with van der Waals surface area (Å²) in [6.07, 6.45) is 5.74. The van der Waals surface area contributed by atoms with Gasteiger partial charge in [-0.05, 0) is 57.0 Å². The predicted molar refractivity (Wildman–Crippen MR) is 93.4 cm³/mol. The summed E-state index contributed by atoms with van der Waals surface area (Å²) in [5.41, 5.74) is 0. The molecular formula is C17H29N3O2S. The van der Waals surface area contributed by atoms with Crippen molar-refractivity contribution >= 4 is 23.6 Å². The minimum atomic E-state index is 0.207. The van der Waals surface area contributed by atoms with Crippen LogP contribution < -0.4 is 5.32 Å². The Balaban J connectivity index is 1.36. The third-order valence-corrected chi connectivity index (χ3v) is 6.43. The maximum atomic E-state index is 12.4. The fourth-order valence-electron chi connectivity index (χ4n) is 4.02. The van der Waals surface area contributed by atoms with Crippen molar-refractivity contribution in [2.24, 2.45) is 11.8 Å². The zero-order valence-electron chi connectivity index (χ0n) is 14.0. The Labute approximate surface area is 143 Å². The SMILES string of the molecule is O=C(CSCC(=O)N1CC[C@@H]2CNC[C@@H]2CC1)N1CCCCC1. The average molecular weight is 340 g/mol. The highest BCUT2D eigenvalue weighted by atomic mass is 32.2. The molecule has 2 amide bonds. The van der Waals surface area contributed by atoms with E-state index < -0.39 is 0 Å². The number of carbonyl (C=O) groups excluding carboxylic acids is 2. The molecule has 2 atom stereocenters. The number of amides is 2. The molecule has 23 heavy (non-hydrogen) atoms. The molecule has 0 aromatic carbocycles. The molecule has 0 unspecified atom stereocenters. The monoisotopic (exact) mass is 339 g/mol. The molecule has 3 heterocycles. The molecular weight excluding hydrogens is 310 g/mol. The van der Waals surface area contributed by atoms with Gasteiger partial charge in [0, 0.05) is 26.2 Å². The van der Waals surface area contributed by atoms with Crippen LogP contribution in [0.5, 0.6) is 0 Å². The fourth-order valence-corrected chi connectivity index (χ4v) is 4.84. The van der Waals surface area contributed by atoms with Gasteiger partial charge in [-0.1, -0.05) is 0 Å². The summed E-state index contributed by atoms with van der Waals surface area (Å²) in [5.74, 6) is 2.83. The van der Waals surface area contributed by atoms with Crippen LogP contribution in [-0.4, -0.2) is 72.4 Å². The molecule has 3 aliphatic rings. The second kappa shape index (κ2) is 8.38. The number of nitrogens with one attached hydrogen (secondary N) is 1. The van der Waals surface area contributed by atoms with Crippen LogP contribution in [-0.2, 0) is 9.59 Å². The molecule has 0 spiro atoms. The van der Waals surface area contributed by atoms with Crippen LogP contribution in [0, 0.1) is 11.8 Å². The van der Waals surface area contributed by atoms with Gasteiger partial charge in [-0.2, -0.15) is 0 Å². The number of thioether (sulfide) groups is 1. The lowest BCUT2D eigenvalue weighted by molar-refractivity contribution is -0.129. The normalized spacial score (nSPS) is 28.3. The third kappa shape index (κ3) is 4.63. The van der Waals surface area contributed by atoms with Crippen LogP contribution >= 0.6 is 11.8 Å². The van der Waals surface area contributed by atoms with E-state index in [1.54, 1.807) is 0 Å². The van der Waals surface area contributed by atoms with Crippen LogP contribution in [0.4, 0.5) is 0 Å². The Morgan fingerprint density at radius 2 is 1.35 bits per heavy atom. The summed E-state index contributed by atoms with van der Waals surface area (Å²) >= 11 is 1.49. The molecule has 3 rings (SSSR count). The molecule has 130 valence electrons. The van der Waals surface area contributed by atoms with Gasteiger partial charge in [0.1, 0.15) is 0 Å². The van der Waals surface area contributed by atoms with Crippen molar-refractivity contribution in [1.82, 2.24) is 15.1 Å². The lowest BCUT2D eigenvalue weighted by Gasteiger charge is -2.26. The Morgan fingerprint density at radius 3 is 1.91 bits per heavy atom. The molecule has 0 radical (unpaired) electrons. The Morgan fingerprint density at radius 1 is 0.826 bits per heavy atom. The number of fused-ring (bicyclic) bond motifs is 1. The van der Waals surface area contributed by atoms with Crippen LogP contribution in [0.2, 0.25) is 0 Å². The highest BCUT2D eigenvalue weighted by molar-refractivity contribution is 8.00.